The van der Waals surface area contributed by atoms with Gasteiger partial charge in [0.15, 0.2) is 0 Å². The lowest BCUT2D eigenvalue weighted by Gasteiger charge is -2.38. The quantitative estimate of drug-likeness (QED) is 0.385. The predicted octanol–water partition coefficient (Wildman–Crippen LogP) is 3.31. The van der Waals surface area contributed by atoms with E-state index in [0.717, 1.165) is 22.4 Å². The smallest absolute Gasteiger partial charge is 0.306 e. The highest BCUT2D eigenvalue weighted by Crippen LogP contribution is 2.54. The average Bonchev–Trinajstić information content (AvgIpc) is 3.44. The Labute approximate surface area is 269 Å². The molecule has 0 aromatic heterocycles. The van der Waals surface area contributed by atoms with Gasteiger partial charge in [-0.3, -0.25) is 19.2 Å². The number of amides is 3. The first-order chi connectivity index (χ1) is 22.2. The van der Waals surface area contributed by atoms with Crippen molar-refractivity contribution in [2.45, 2.75) is 69.9 Å². The lowest BCUT2D eigenvalue weighted by Crippen LogP contribution is -2.58. The number of cyclic esters (lactones) is 1. The molecule has 2 fully saturated rings. The summed E-state index contributed by atoms with van der Waals surface area (Å²) in [7, 11) is 0. The van der Waals surface area contributed by atoms with E-state index in [0.29, 0.717) is 12.8 Å². The van der Waals surface area contributed by atoms with Gasteiger partial charge in [0.2, 0.25) is 11.8 Å². The predicted molar refractivity (Wildman–Crippen MR) is 170 cm³/mol. The first-order valence-electron chi connectivity index (χ1n) is 16.0. The van der Waals surface area contributed by atoms with Crippen molar-refractivity contribution >= 4 is 29.4 Å². The molecule has 7 atom stereocenters. The molecule has 1 spiro atoms. The minimum Gasteiger partial charge on any atom is -0.463 e. The molecule has 242 valence electrons. The monoisotopic (exact) mass is 627 g/mol. The lowest BCUT2D eigenvalue weighted by molar-refractivity contribution is -0.146. The molecular weight excluding hydrogens is 586 g/mol. The number of carbonyl (C=O) groups is 4. The molecule has 0 radical (unpaired) electrons. The van der Waals surface area contributed by atoms with E-state index >= 15 is 0 Å². The molecule has 0 saturated carbocycles. The number of nitrogens with zero attached hydrogens (tertiary/aromatic N) is 2. The second-order valence-corrected chi connectivity index (χ2v) is 12.6. The van der Waals surface area contributed by atoms with Crippen LogP contribution in [0.1, 0.15) is 48.9 Å². The number of hydrogen-bond acceptors (Lipinski definition) is 7. The van der Waals surface area contributed by atoms with E-state index in [1.54, 1.807) is 23.1 Å². The van der Waals surface area contributed by atoms with Gasteiger partial charge in [-0.05, 0) is 49.4 Å². The van der Waals surface area contributed by atoms with E-state index in [2.05, 4.69) is 5.32 Å². The number of fused-ring (bicyclic) bond motifs is 2. The fourth-order valence-corrected chi connectivity index (χ4v) is 7.41. The minimum atomic E-state index is -1.46. The first-order valence-corrected chi connectivity index (χ1v) is 16.0. The van der Waals surface area contributed by atoms with Crippen LogP contribution in [-0.4, -0.2) is 77.2 Å². The van der Waals surface area contributed by atoms with Crippen LogP contribution in [0.2, 0.25) is 0 Å². The zero-order valence-electron chi connectivity index (χ0n) is 26.4. The largest absolute Gasteiger partial charge is 0.463 e. The van der Waals surface area contributed by atoms with Gasteiger partial charge in [0.25, 0.3) is 5.91 Å². The third-order valence-corrected chi connectivity index (χ3v) is 9.74. The van der Waals surface area contributed by atoms with Crippen molar-refractivity contribution in [1.82, 2.24) is 10.2 Å². The van der Waals surface area contributed by atoms with Gasteiger partial charge < -0.3 is 29.7 Å². The topological polar surface area (TPSA) is 125 Å². The number of likely N-dealkylation sites (tertiary alicyclic amines) is 1. The number of allylic oxidation sites excluding steroid dienone is 1. The van der Waals surface area contributed by atoms with Gasteiger partial charge >= 0.3 is 5.97 Å². The van der Waals surface area contributed by atoms with E-state index in [1.807, 2.05) is 75.4 Å². The molecule has 10 heteroatoms. The summed E-state index contributed by atoms with van der Waals surface area (Å²) in [6, 6.07) is 12.7. The fraction of sp³-hybridized carbons (Fsp3) is 0.444. The van der Waals surface area contributed by atoms with Crippen molar-refractivity contribution in [2.24, 2.45) is 11.8 Å². The number of carbonyl (C=O) groups excluding carboxylic acids is 4. The Kier molecular flexibility index (Phi) is 8.85. The summed E-state index contributed by atoms with van der Waals surface area (Å²) in [5.41, 5.74) is 1.91. The molecule has 46 heavy (non-hydrogen) atoms. The number of aliphatic hydroxyl groups is 1. The number of aliphatic hydroxyl groups excluding tert-OH is 1. The van der Waals surface area contributed by atoms with Crippen molar-refractivity contribution in [3.8, 4) is 0 Å². The fourth-order valence-electron chi connectivity index (χ4n) is 7.41. The maximum Gasteiger partial charge on any atom is 0.306 e. The molecule has 6 rings (SSSR count). The standard InChI is InChI=1S/C36H41N3O7/c1-4-25(20-40)39-32-35(44)38(27-19-22(2)15-16-23(27)3)18-10-17-36(32)31(34(39)43)30-28(46-36)13-8-9-14-29(41)45-21-26(37-33(30)42)24-11-6-5-7-12-24/h5-8,10-13,15-17,19,25-26,28,30-32,40H,4,9,14,18,20-21H2,1-3H3,(H,37,42)/b13-8-/t25-,26+,28-,30+,31+,32-,36+/m0/s1. The van der Waals surface area contributed by atoms with Gasteiger partial charge in [-0.15, -0.1) is 0 Å². The van der Waals surface area contributed by atoms with Crippen molar-refractivity contribution in [2.75, 3.05) is 24.7 Å². The Morgan fingerprint density at radius 1 is 1.04 bits per heavy atom. The van der Waals surface area contributed by atoms with Crippen LogP contribution in [0.15, 0.2) is 72.8 Å². The summed E-state index contributed by atoms with van der Waals surface area (Å²) < 4.78 is 12.3. The third kappa shape index (κ3) is 5.43. The van der Waals surface area contributed by atoms with Crippen LogP contribution in [0, 0.1) is 25.7 Å². The maximum absolute atomic E-state index is 14.8. The molecule has 2 saturated heterocycles. The van der Waals surface area contributed by atoms with E-state index in [1.165, 1.54) is 4.90 Å². The Balaban J connectivity index is 1.46. The number of anilines is 1. The van der Waals surface area contributed by atoms with Gasteiger partial charge in [-0.1, -0.05) is 73.7 Å². The number of ether oxygens (including phenoxy) is 2. The first kappa shape index (κ1) is 31.7. The van der Waals surface area contributed by atoms with Crippen LogP contribution in [0.25, 0.3) is 0 Å². The van der Waals surface area contributed by atoms with Crippen LogP contribution in [0.5, 0.6) is 0 Å². The molecule has 0 unspecified atom stereocenters. The Bertz CT molecular complexity index is 1570. The zero-order chi connectivity index (χ0) is 32.6. The highest BCUT2D eigenvalue weighted by Gasteiger charge is 2.72. The molecule has 2 aromatic rings. The SMILES string of the molecule is CC[C@@H](CO)N1C(=O)[C@H]2[C@@H]3C(=O)N[C@@H](c4ccccc4)COC(=O)CC/C=C\[C@@H]3O[C@]23C=CCN(c2cc(C)ccc2C)C(=O)[C@H]13. The molecule has 2 aromatic carbocycles. The average molecular weight is 628 g/mol. The summed E-state index contributed by atoms with van der Waals surface area (Å²) >= 11 is 0. The van der Waals surface area contributed by atoms with Gasteiger partial charge in [-0.2, -0.15) is 0 Å². The summed E-state index contributed by atoms with van der Waals surface area (Å²) in [6.45, 7) is 5.59. The van der Waals surface area contributed by atoms with Crippen LogP contribution in [-0.2, 0) is 28.7 Å². The van der Waals surface area contributed by atoms with E-state index in [-0.39, 0.29) is 38.1 Å². The number of benzene rings is 2. The maximum atomic E-state index is 14.8. The number of rotatable bonds is 5. The third-order valence-electron chi connectivity index (χ3n) is 9.74. The van der Waals surface area contributed by atoms with E-state index in [4.69, 9.17) is 9.47 Å². The van der Waals surface area contributed by atoms with Crippen LogP contribution < -0.4 is 10.2 Å². The van der Waals surface area contributed by atoms with Gasteiger partial charge in [-0.25, -0.2) is 0 Å². The van der Waals surface area contributed by atoms with Gasteiger partial charge in [0, 0.05) is 18.7 Å². The van der Waals surface area contributed by atoms with Crippen LogP contribution >= 0.6 is 0 Å². The number of nitrogens with one attached hydrogen (secondary N) is 1. The number of hydrogen-bond donors (Lipinski definition) is 2. The summed E-state index contributed by atoms with van der Waals surface area (Å²) in [4.78, 5) is 59.4. The minimum absolute atomic E-state index is 0.0688. The molecule has 4 aliphatic heterocycles. The summed E-state index contributed by atoms with van der Waals surface area (Å²) in [5, 5.41) is 13.5. The lowest BCUT2D eigenvalue weighted by atomic mass is 9.77. The van der Waals surface area contributed by atoms with Gasteiger partial charge in [0.1, 0.15) is 18.2 Å². The molecule has 4 aliphatic rings. The van der Waals surface area contributed by atoms with Crippen LogP contribution in [0.3, 0.4) is 0 Å². The second-order valence-electron chi connectivity index (χ2n) is 12.6. The summed E-state index contributed by atoms with van der Waals surface area (Å²) in [5.74, 6) is -3.58. The molecule has 10 nitrogen and oxygen atoms in total. The normalized spacial score (nSPS) is 31.1. The molecule has 2 N–H and O–H groups in total. The molecule has 4 heterocycles. The summed E-state index contributed by atoms with van der Waals surface area (Å²) in [6.07, 6.45) is 7.21. The second kappa shape index (κ2) is 12.8. The molecule has 0 bridgehead atoms. The Morgan fingerprint density at radius 3 is 2.57 bits per heavy atom. The molecule has 0 aliphatic carbocycles. The number of aryl methyl sites for hydroxylation is 2. The zero-order valence-corrected chi connectivity index (χ0v) is 26.4. The van der Waals surface area contributed by atoms with Gasteiger partial charge in [0.05, 0.1) is 36.6 Å². The van der Waals surface area contributed by atoms with Crippen molar-refractivity contribution in [3.63, 3.8) is 0 Å². The number of esters is 1. The highest BCUT2D eigenvalue weighted by atomic mass is 16.5. The Hall–Kier alpha value is -4.28. The van der Waals surface area contributed by atoms with Crippen molar-refractivity contribution in [3.05, 3.63) is 89.5 Å². The molecule has 3 amide bonds. The van der Waals surface area contributed by atoms with Crippen molar-refractivity contribution < 1.29 is 33.8 Å². The van der Waals surface area contributed by atoms with Crippen molar-refractivity contribution in [1.29, 1.82) is 0 Å². The van der Waals surface area contributed by atoms with E-state index in [9.17, 15) is 24.3 Å². The highest BCUT2D eigenvalue weighted by molar-refractivity contribution is 6.06. The molecular formula is C36H41N3O7. The Morgan fingerprint density at radius 2 is 1.83 bits per heavy atom. The van der Waals surface area contributed by atoms with Crippen LogP contribution in [0.4, 0.5) is 5.69 Å². The van der Waals surface area contributed by atoms with E-state index < -0.39 is 53.5 Å².